The number of rotatable bonds is 10. The molecule has 0 bridgehead atoms. The van der Waals surface area contributed by atoms with E-state index in [9.17, 15) is 28.8 Å². The quantitative estimate of drug-likeness (QED) is 0.159. The molecule has 3 aliphatic carbocycles. The van der Waals surface area contributed by atoms with E-state index in [4.69, 9.17) is 18.9 Å². The van der Waals surface area contributed by atoms with Crippen LogP contribution in [0.25, 0.3) is 5.57 Å². The number of ether oxygens (including phenoxy) is 4. The maximum Gasteiger partial charge on any atom is 0.411 e. The number of benzene rings is 1. The summed E-state index contributed by atoms with van der Waals surface area (Å²) in [6.45, 7) is 11.7. The average molecular weight is 719 g/mol. The number of esters is 2. The molecule has 7 unspecified atom stereocenters. The molecule has 12 heteroatoms. The van der Waals surface area contributed by atoms with Crippen molar-refractivity contribution in [3.05, 3.63) is 53.6 Å². The van der Waals surface area contributed by atoms with Crippen LogP contribution in [0.2, 0.25) is 0 Å². The molecule has 1 aromatic carbocycles. The lowest BCUT2D eigenvalue weighted by Gasteiger charge is -2.30. The summed E-state index contributed by atoms with van der Waals surface area (Å²) in [4.78, 5) is 80.4. The average Bonchev–Trinajstić information content (AvgIpc) is 3.93. The fourth-order valence-corrected chi connectivity index (χ4v) is 7.46. The van der Waals surface area contributed by atoms with E-state index < -0.39 is 53.4 Å². The number of amides is 2. The molecule has 2 heterocycles. The zero-order valence-corrected chi connectivity index (χ0v) is 31.1. The van der Waals surface area contributed by atoms with Gasteiger partial charge in [0.25, 0.3) is 0 Å². The minimum atomic E-state index is -0.861. The number of hydrogen-bond acceptors (Lipinski definition) is 10. The van der Waals surface area contributed by atoms with E-state index in [0.717, 1.165) is 30.4 Å². The summed E-state index contributed by atoms with van der Waals surface area (Å²) in [5, 5.41) is 0. The van der Waals surface area contributed by atoms with Crippen molar-refractivity contribution < 1.29 is 47.7 Å². The van der Waals surface area contributed by atoms with Crippen molar-refractivity contribution in [3.8, 4) is 0 Å². The molecule has 5 aliphatic rings. The van der Waals surface area contributed by atoms with Gasteiger partial charge in [-0.2, -0.15) is 0 Å². The zero-order valence-electron chi connectivity index (χ0n) is 31.1. The van der Waals surface area contributed by atoms with Crippen molar-refractivity contribution in [1.82, 2.24) is 9.80 Å². The Morgan fingerprint density at radius 3 is 1.96 bits per heavy atom. The Morgan fingerprint density at radius 2 is 1.37 bits per heavy atom. The second-order valence-electron chi connectivity index (χ2n) is 17.1. The van der Waals surface area contributed by atoms with Gasteiger partial charge < -0.3 is 23.8 Å². The van der Waals surface area contributed by atoms with Crippen LogP contribution >= 0.6 is 0 Å². The molecule has 0 radical (unpaired) electrons. The van der Waals surface area contributed by atoms with E-state index in [1.165, 1.54) is 4.90 Å². The summed E-state index contributed by atoms with van der Waals surface area (Å²) in [6.07, 6.45) is 8.02. The molecule has 2 saturated carbocycles. The van der Waals surface area contributed by atoms with Gasteiger partial charge in [-0.25, -0.2) is 14.4 Å². The van der Waals surface area contributed by atoms with Gasteiger partial charge in [0.05, 0.1) is 11.8 Å². The number of likely N-dealkylation sites (tertiary alicyclic amines) is 2. The van der Waals surface area contributed by atoms with Gasteiger partial charge in [-0.3, -0.25) is 19.3 Å². The molecule has 0 spiro atoms. The predicted molar refractivity (Wildman–Crippen MR) is 189 cm³/mol. The molecule has 2 amide bonds. The van der Waals surface area contributed by atoms with Crippen LogP contribution in [0, 0.1) is 17.3 Å². The number of nitrogens with zero attached hydrogens (tertiary/aromatic N) is 2. The predicted octanol–water partition coefficient (Wildman–Crippen LogP) is 6.06. The highest BCUT2D eigenvalue weighted by molar-refractivity contribution is 5.99. The third-order valence-corrected chi connectivity index (χ3v) is 10.5. The van der Waals surface area contributed by atoms with Crippen molar-refractivity contribution in [2.75, 3.05) is 13.2 Å². The summed E-state index contributed by atoms with van der Waals surface area (Å²) in [6, 6.07) is 5.93. The molecule has 4 fully saturated rings. The second-order valence-corrected chi connectivity index (χ2v) is 17.1. The number of hydrogen-bond donors (Lipinski definition) is 0. The third kappa shape index (κ3) is 8.42. The largest absolute Gasteiger partial charge is 0.458 e. The smallest absolute Gasteiger partial charge is 0.411 e. The lowest BCUT2D eigenvalue weighted by Crippen LogP contribution is -2.46. The summed E-state index contributed by atoms with van der Waals surface area (Å²) >= 11 is 0. The molecule has 52 heavy (non-hydrogen) atoms. The van der Waals surface area contributed by atoms with Crippen LogP contribution in [-0.4, -0.2) is 94.1 Å². The minimum absolute atomic E-state index is 0.0190. The van der Waals surface area contributed by atoms with Crippen LogP contribution in [-0.2, 0) is 33.3 Å². The molecule has 12 nitrogen and oxygen atoms in total. The Hall–Kier alpha value is -4.48. The monoisotopic (exact) mass is 718 g/mol. The molecule has 2 aliphatic heterocycles. The van der Waals surface area contributed by atoms with E-state index in [2.05, 4.69) is 0 Å². The number of piperidine rings is 2. The van der Waals surface area contributed by atoms with Gasteiger partial charge in [0.15, 0.2) is 24.8 Å². The van der Waals surface area contributed by atoms with Crippen LogP contribution in [0.1, 0.15) is 103 Å². The van der Waals surface area contributed by atoms with Crippen LogP contribution in [0.5, 0.6) is 0 Å². The summed E-state index contributed by atoms with van der Waals surface area (Å²) < 4.78 is 21.8. The Kier molecular flexibility index (Phi) is 9.91. The third-order valence-electron chi connectivity index (χ3n) is 10.5. The Morgan fingerprint density at radius 1 is 0.769 bits per heavy atom. The van der Waals surface area contributed by atoms with Gasteiger partial charge in [-0.1, -0.05) is 42.5 Å². The number of ketones is 2. The van der Waals surface area contributed by atoms with Gasteiger partial charge in [-0.15, -0.1) is 0 Å². The molecule has 0 aromatic heterocycles. The van der Waals surface area contributed by atoms with Crippen molar-refractivity contribution >= 4 is 41.3 Å². The van der Waals surface area contributed by atoms with Gasteiger partial charge in [0.2, 0.25) is 0 Å². The Labute approximate surface area is 304 Å². The van der Waals surface area contributed by atoms with Crippen molar-refractivity contribution in [1.29, 1.82) is 0 Å². The molecule has 280 valence electrons. The molecule has 7 atom stereocenters. The summed E-state index contributed by atoms with van der Waals surface area (Å²) in [5.74, 6) is -1.09. The van der Waals surface area contributed by atoms with Crippen molar-refractivity contribution in [3.63, 3.8) is 0 Å². The van der Waals surface area contributed by atoms with Gasteiger partial charge >= 0.3 is 24.1 Å². The maximum absolute atomic E-state index is 13.2. The first-order valence-corrected chi connectivity index (χ1v) is 18.2. The number of fused-ring (bicyclic) bond motifs is 2. The Bertz CT molecular complexity index is 1700. The topological polar surface area (TPSA) is 146 Å². The van der Waals surface area contributed by atoms with Crippen molar-refractivity contribution in [2.24, 2.45) is 17.3 Å². The van der Waals surface area contributed by atoms with E-state index >= 15 is 0 Å². The number of allylic oxidation sites excluding steroid dienone is 4. The normalized spacial score (nSPS) is 28.6. The fourth-order valence-electron chi connectivity index (χ4n) is 7.46. The summed E-state index contributed by atoms with van der Waals surface area (Å²) in [7, 11) is 0. The number of carbonyl (C=O) groups excluding carboxylic acids is 6. The number of carbonyl (C=O) groups is 6. The van der Waals surface area contributed by atoms with E-state index in [-0.39, 0.29) is 48.6 Å². The molecule has 2 saturated heterocycles. The van der Waals surface area contributed by atoms with Crippen LogP contribution in [0.15, 0.2) is 42.5 Å². The highest BCUT2D eigenvalue weighted by atomic mass is 16.6. The van der Waals surface area contributed by atoms with E-state index in [1.54, 1.807) is 62.9 Å². The molecular weight excluding hydrogens is 668 g/mol. The number of Topliss-reactive ketones (excluding diaryl/α,β-unsaturated/α-hetero) is 2. The highest BCUT2D eigenvalue weighted by Gasteiger charge is 2.58. The fraction of sp³-hybridized carbons (Fsp3) is 0.600. The first-order valence-electron chi connectivity index (χ1n) is 18.2. The lowest BCUT2D eigenvalue weighted by molar-refractivity contribution is -0.150. The second kappa shape index (κ2) is 13.8. The molecule has 6 rings (SSSR count). The van der Waals surface area contributed by atoms with Gasteiger partial charge in [0.1, 0.15) is 17.2 Å². The van der Waals surface area contributed by atoms with Gasteiger partial charge in [-0.05, 0) is 104 Å². The van der Waals surface area contributed by atoms with Gasteiger partial charge in [0, 0.05) is 23.7 Å². The summed E-state index contributed by atoms with van der Waals surface area (Å²) in [5.41, 5.74) is -0.0974. The standard InChI is InChI=1S/C40H50N2O10/c1-38(2,3)51-36(47)41-28(16-26-17-29(26)41)20-34(45)49-22-33(44)40(7)14-12-24(13-15-40)23-8-10-25(11-9-23)32(43)21-50-35(46)31-19-27-18-30(27)42(31)37(48)52-39(4,5)6/h8-14,26-31H,15-22H2,1-7H3. The van der Waals surface area contributed by atoms with E-state index in [1.807, 2.05) is 32.9 Å². The Balaban J connectivity index is 0.954. The highest BCUT2D eigenvalue weighted by Crippen LogP contribution is 2.50. The zero-order chi connectivity index (χ0) is 37.7. The first-order chi connectivity index (χ1) is 24.3. The van der Waals surface area contributed by atoms with Crippen LogP contribution in [0.3, 0.4) is 0 Å². The molecule has 1 aromatic rings. The lowest BCUT2D eigenvalue weighted by atomic mass is 9.77. The molecular formula is C40H50N2O10. The SMILES string of the molecule is CC(C)(C)OC(=O)N1C(CC(=O)OCC(=O)C2(C)C=CC(c3ccc(C(=O)COC(=O)C4CC5CC5N4C(=O)OC(C)(C)C)cc3)=CC2)CC2CC21. The van der Waals surface area contributed by atoms with Crippen molar-refractivity contribution in [2.45, 2.75) is 122 Å². The minimum Gasteiger partial charge on any atom is -0.458 e. The van der Waals surface area contributed by atoms with E-state index in [0.29, 0.717) is 24.3 Å². The first kappa shape index (κ1) is 37.3. The maximum atomic E-state index is 13.2. The molecule has 0 N–H and O–H groups in total. The van der Waals surface area contributed by atoms with Crippen LogP contribution in [0.4, 0.5) is 9.59 Å². The van der Waals surface area contributed by atoms with Crippen LogP contribution < -0.4 is 0 Å².